The number of rotatable bonds is 1. The van der Waals surface area contributed by atoms with Gasteiger partial charge in [-0.05, 0) is 12.1 Å². The van der Waals surface area contributed by atoms with Crippen LogP contribution < -0.4 is 0 Å². The van der Waals surface area contributed by atoms with Crippen molar-refractivity contribution in [3.05, 3.63) is 40.8 Å². The van der Waals surface area contributed by atoms with Crippen LogP contribution in [0.2, 0.25) is 5.02 Å². The van der Waals surface area contributed by atoms with Crippen molar-refractivity contribution in [2.45, 2.75) is 0 Å². The van der Waals surface area contributed by atoms with Crippen LogP contribution in [0.15, 0.2) is 24.4 Å². The molecule has 82 valence electrons. The summed E-state index contributed by atoms with van der Waals surface area (Å²) in [5.41, 5.74) is 0.680. The van der Waals surface area contributed by atoms with Crippen LogP contribution in [0.25, 0.3) is 10.9 Å². The van der Waals surface area contributed by atoms with Gasteiger partial charge in [-0.2, -0.15) is 0 Å². The fourth-order valence-corrected chi connectivity index (χ4v) is 1.59. The van der Waals surface area contributed by atoms with Gasteiger partial charge in [0.25, 0.3) is 0 Å². The molecule has 0 amide bonds. The van der Waals surface area contributed by atoms with E-state index in [0.717, 1.165) is 0 Å². The van der Waals surface area contributed by atoms with E-state index in [4.69, 9.17) is 11.6 Å². The Bertz CT molecular complexity index is 571. The first-order valence-electron chi connectivity index (χ1n) is 4.45. The largest absolute Gasteiger partial charge is 0.465 e. The SMILES string of the molecule is COC(=O)c1ccnc2cc(F)c(Cl)cc12. The van der Waals surface area contributed by atoms with Crippen LogP contribution in [-0.2, 0) is 4.74 Å². The number of hydrogen-bond acceptors (Lipinski definition) is 3. The topological polar surface area (TPSA) is 39.2 Å². The van der Waals surface area contributed by atoms with Crippen molar-refractivity contribution in [1.29, 1.82) is 0 Å². The quantitative estimate of drug-likeness (QED) is 0.719. The first kappa shape index (κ1) is 10.8. The number of nitrogens with zero attached hydrogens (tertiary/aromatic N) is 1. The molecule has 0 saturated heterocycles. The fraction of sp³-hybridized carbons (Fsp3) is 0.0909. The third-order valence-corrected chi connectivity index (χ3v) is 2.48. The number of pyridine rings is 1. The fourth-order valence-electron chi connectivity index (χ4n) is 1.43. The molecule has 0 aliphatic heterocycles. The van der Waals surface area contributed by atoms with Crippen molar-refractivity contribution in [2.24, 2.45) is 0 Å². The van der Waals surface area contributed by atoms with E-state index < -0.39 is 11.8 Å². The number of methoxy groups -OCH3 is 1. The molecule has 0 unspecified atom stereocenters. The molecule has 1 aromatic carbocycles. The third kappa shape index (κ3) is 1.72. The van der Waals surface area contributed by atoms with Crippen molar-refractivity contribution < 1.29 is 13.9 Å². The lowest BCUT2D eigenvalue weighted by atomic mass is 10.1. The Kier molecular flexibility index (Phi) is 2.75. The molecule has 0 N–H and O–H groups in total. The number of esters is 1. The highest BCUT2D eigenvalue weighted by molar-refractivity contribution is 6.31. The number of carbonyl (C=O) groups is 1. The van der Waals surface area contributed by atoms with Gasteiger partial charge in [-0.3, -0.25) is 4.98 Å². The standard InChI is InChI=1S/C11H7ClFNO2/c1-16-11(15)6-2-3-14-10-5-9(13)8(12)4-7(6)10/h2-5H,1H3. The van der Waals surface area contributed by atoms with E-state index in [0.29, 0.717) is 16.5 Å². The smallest absolute Gasteiger partial charge is 0.338 e. The zero-order valence-corrected chi connectivity index (χ0v) is 9.08. The van der Waals surface area contributed by atoms with Gasteiger partial charge in [0.2, 0.25) is 0 Å². The maximum atomic E-state index is 13.2. The molecule has 0 fully saturated rings. The van der Waals surface area contributed by atoms with Gasteiger partial charge in [0.1, 0.15) is 5.82 Å². The Labute approximate surface area is 95.8 Å². The summed E-state index contributed by atoms with van der Waals surface area (Å²) in [6, 6.07) is 4.05. The Balaban J connectivity index is 2.77. The van der Waals surface area contributed by atoms with Gasteiger partial charge < -0.3 is 4.74 Å². The third-order valence-electron chi connectivity index (χ3n) is 2.19. The number of aromatic nitrogens is 1. The lowest BCUT2D eigenvalue weighted by Gasteiger charge is -2.04. The monoisotopic (exact) mass is 239 g/mol. The summed E-state index contributed by atoms with van der Waals surface area (Å²) in [6.45, 7) is 0. The molecular weight excluding hydrogens is 233 g/mol. The molecule has 0 atom stereocenters. The van der Waals surface area contributed by atoms with Crippen molar-refractivity contribution in [3.63, 3.8) is 0 Å². The number of ether oxygens (including phenoxy) is 1. The predicted octanol–water partition coefficient (Wildman–Crippen LogP) is 2.81. The maximum Gasteiger partial charge on any atom is 0.338 e. The van der Waals surface area contributed by atoms with Crippen LogP contribution in [0.5, 0.6) is 0 Å². The van der Waals surface area contributed by atoms with Crippen LogP contribution in [0, 0.1) is 5.82 Å². The van der Waals surface area contributed by atoms with E-state index in [2.05, 4.69) is 9.72 Å². The van der Waals surface area contributed by atoms with Gasteiger partial charge >= 0.3 is 5.97 Å². The van der Waals surface area contributed by atoms with Crippen LogP contribution in [-0.4, -0.2) is 18.1 Å². The van der Waals surface area contributed by atoms with E-state index in [1.165, 1.54) is 31.5 Å². The predicted molar refractivity (Wildman–Crippen MR) is 58.1 cm³/mol. The molecule has 0 radical (unpaired) electrons. The minimum absolute atomic E-state index is 0.0503. The molecule has 0 bridgehead atoms. The van der Waals surface area contributed by atoms with Crippen molar-refractivity contribution in [2.75, 3.05) is 7.11 Å². The molecule has 5 heteroatoms. The summed E-state index contributed by atoms with van der Waals surface area (Å²) in [7, 11) is 1.28. The second-order valence-corrected chi connectivity index (χ2v) is 3.54. The highest BCUT2D eigenvalue weighted by Crippen LogP contribution is 2.24. The van der Waals surface area contributed by atoms with E-state index in [9.17, 15) is 9.18 Å². The van der Waals surface area contributed by atoms with Gasteiger partial charge in [0.05, 0.1) is 23.2 Å². The van der Waals surface area contributed by atoms with E-state index >= 15 is 0 Å². The van der Waals surface area contributed by atoms with Gasteiger partial charge in [-0.15, -0.1) is 0 Å². The summed E-state index contributed by atoms with van der Waals surface area (Å²) in [5.74, 6) is -1.07. The van der Waals surface area contributed by atoms with Crippen molar-refractivity contribution in [3.8, 4) is 0 Å². The number of carbonyl (C=O) groups excluding carboxylic acids is 1. The lowest BCUT2D eigenvalue weighted by Crippen LogP contribution is -2.02. The summed E-state index contributed by atoms with van der Waals surface area (Å²) < 4.78 is 17.8. The molecule has 16 heavy (non-hydrogen) atoms. The zero-order chi connectivity index (χ0) is 11.7. The number of halogens is 2. The number of benzene rings is 1. The first-order valence-corrected chi connectivity index (χ1v) is 4.83. The summed E-state index contributed by atoms with van der Waals surface area (Å²) in [4.78, 5) is 15.4. The Morgan fingerprint density at radius 1 is 1.50 bits per heavy atom. The van der Waals surface area contributed by atoms with Crippen LogP contribution in [0.4, 0.5) is 4.39 Å². The summed E-state index contributed by atoms with van der Waals surface area (Å²) in [5, 5.41) is 0.423. The minimum Gasteiger partial charge on any atom is -0.465 e. The molecule has 1 aromatic heterocycles. The highest BCUT2D eigenvalue weighted by Gasteiger charge is 2.12. The second kappa shape index (κ2) is 4.06. The molecule has 0 aliphatic carbocycles. The number of fused-ring (bicyclic) bond motifs is 1. The van der Waals surface area contributed by atoms with Gasteiger partial charge in [0, 0.05) is 17.6 Å². The molecule has 0 aliphatic rings. The molecular formula is C11H7ClFNO2. The van der Waals surface area contributed by atoms with Crippen LogP contribution in [0.1, 0.15) is 10.4 Å². The highest BCUT2D eigenvalue weighted by atomic mass is 35.5. The summed E-state index contributed by atoms with van der Waals surface area (Å²) >= 11 is 5.65. The van der Waals surface area contributed by atoms with E-state index in [1.807, 2.05) is 0 Å². The minimum atomic E-state index is -0.566. The molecule has 0 saturated carbocycles. The lowest BCUT2D eigenvalue weighted by molar-refractivity contribution is 0.0603. The van der Waals surface area contributed by atoms with Gasteiger partial charge in [0.15, 0.2) is 0 Å². The van der Waals surface area contributed by atoms with Gasteiger partial charge in [-0.1, -0.05) is 11.6 Å². The zero-order valence-electron chi connectivity index (χ0n) is 8.33. The number of hydrogen-bond donors (Lipinski definition) is 0. The maximum absolute atomic E-state index is 13.2. The Morgan fingerprint density at radius 2 is 2.25 bits per heavy atom. The first-order chi connectivity index (χ1) is 7.63. The summed E-state index contributed by atoms with van der Waals surface area (Å²) in [6.07, 6.45) is 1.42. The molecule has 2 rings (SSSR count). The van der Waals surface area contributed by atoms with Crippen molar-refractivity contribution >= 4 is 28.5 Å². The molecule has 3 nitrogen and oxygen atoms in total. The van der Waals surface area contributed by atoms with Crippen molar-refractivity contribution in [1.82, 2.24) is 4.98 Å². The van der Waals surface area contributed by atoms with E-state index in [1.54, 1.807) is 0 Å². The van der Waals surface area contributed by atoms with E-state index in [-0.39, 0.29) is 5.02 Å². The van der Waals surface area contributed by atoms with Gasteiger partial charge in [-0.25, -0.2) is 9.18 Å². The van der Waals surface area contributed by atoms with Crippen LogP contribution in [0.3, 0.4) is 0 Å². The van der Waals surface area contributed by atoms with Crippen LogP contribution >= 0.6 is 11.6 Å². The average Bonchev–Trinajstić information content (AvgIpc) is 2.29. The molecule has 1 heterocycles. The normalized spacial score (nSPS) is 10.4. The average molecular weight is 240 g/mol. The molecule has 0 spiro atoms. The Hall–Kier alpha value is -1.68. The molecule has 2 aromatic rings. The second-order valence-electron chi connectivity index (χ2n) is 3.13. The Morgan fingerprint density at radius 3 is 2.94 bits per heavy atom.